The molecule has 0 spiro atoms. The Morgan fingerprint density at radius 2 is 1.47 bits per heavy atom. The highest BCUT2D eigenvalue weighted by Crippen LogP contribution is 2.21. The van der Waals surface area contributed by atoms with Crippen molar-refractivity contribution in [2.75, 3.05) is 7.05 Å². The molecule has 0 amide bonds. The number of nitrogens with zero attached hydrogens (tertiary/aromatic N) is 1. The maximum atomic E-state index is 5.77. The molecule has 0 atom stereocenters. The summed E-state index contributed by atoms with van der Waals surface area (Å²) in [5.74, 6) is 1.75. The van der Waals surface area contributed by atoms with Crippen LogP contribution in [0.2, 0.25) is 0 Å². The van der Waals surface area contributed by atoms with Gasteiger partial charge >= 0.3 is 0 Å². The number of hydrogen-bond donors (Lipinski definition) is 0. The molecule has 0 saturated carbocycles. The van der Waals surface area contributed by atoms with Crippen molar-refractivity contribution in [3.8, 4) is 11.5 Å². The molecule has 0 heterocycles. The van der Waals surface area contributed by atoms with Crippen molar-refractivity contribution in [1.29, 1.82) is 0 Å². The molecule has 0 N–H and O–H groups in total. The molecule has 2 nitrogen and oxygen atoms in total. The highest BCUT2D eigenvalue weighted by atomic mass is 16.5. The number of benzene rings is 2. The quantitative estimate of drug-likeness (QED) is 0.789. The van der Waals surface area contributed by atoms with Crippen LogP contribution in [-0.2, 0) is 6.54 Å². The molecule has 2 aromatic rings. The normalized spacial score (nSPS) is 11.0. The average molecular weight is 255 g/mol. The fraction of sp³-hybridized carbons (Fsp3) is 0.294. The van der Waals surface area contributed by atoms with E-state index in [0.717, 1.165) is 18.0 Å². The molecule has 0 unspecified atom stereocenters. The number of para-hydroxylation sites is 1. The summed E-state index contributed by atoms with van der Waals surface area (Å²) in [6.07, 6.45) is 0. The van der Waals surface area contributed by atoms with Crippen molar-refractivity contribution in [2.45, 2.75) is 26.4 Å². The highest BCUT2D eigenvalue weighted by molar-refractivity contribution is 5.32. The van der Waals surface area contributed by atoms with Gasteiger partial charge in [-0.15, -0.1) is 0 Å². The van der Waals surface area contributed by atoms with Crippen LogP contribution in [0, 0.1) is 0 Å². The lowest BCUT2D eigenvalue weighted by Crippen LogP contribution is -2.25. The summed E-state index contributed by atoms with van der Waals surface area (Å²) in [4.78, 5) is 2.31. The molecule has 0 aliphatic heterocycles. The van der Waals surface area contributed by atoms with Gasteiger partial charge in [0.1, 0.15) is 11.5 Å². The van der Waals surface area contributed by atoms with E-state index >= 15 is 0 Å². The van der Waals surface area contributed by atoms with E-state index in [1.165, 1.54) is 5.56 Å². The second kappa shape index (κ2) is 6.39. The molecule has 0 aliphatic rings. The minimum absolute atomic E-state index is 0.556. The first-order valence-corrected chi connectivity index (χ1v) is 6.67. The first-order chi connectivity index (χ1) is 9.15. The Labute approximate surface area is 115 Å². The van der Waals surface area contributed by atoms with Crippen molar-refractivity contribution < 1.29 is 4.74 Å². The lowest BCUT2D eigenvalue weighted by molar-refractivity contribution is 0.266. The molecular weight excluding hydrogens is 234 g/mol. The zero-order valence-corrected chi connectivity index (χ0v) is 11.8. The van der Waals surface area contributed by atoms with Crippen LogP contribution in [0.4, 0.5) is 0 Å². The van der Waals surface area contributed by atoms with Gasteiger partial charge in [0.25, 0.3) is 0 Å². The third-order valence-electron chi connectivity index (χ3n) is 3.22. The van der Waals surface area contributed by atoms with E-state index in [1.54, 1.807) is 0 Å². The van der Waals surface area contributed by atoms with Gasteiger partial charge in [-0.1, -0.05) is 30.3 Å². The van der Waals surface area contributed by atoms with E-state index in [4.69, 9.17) is 4.74 Å². The molecule has 100 valence electrons. The average Bonchev–Trinajstić information content (AvgIpc) is 2.42. The summed E-state index contributed by atoms with van der Waals surface area (Å²) in [5.41, 5.74) is 1.30. The first kappa shape index (κ1) is 13.6. The number of hydrogen-bond acceptors (Lipinski definition) is 2. The Morgan fingerprint density at radius 1 is 0.895 bits per heavy atom. The third kappa shape index (κ3) is 4.11. The van der Waals surface area contributed by atoms with Gasteiger partial charge < -0.3 is 4.74 Å². The van der Waals surface area contributed by atoms with Gasteiger partial charge in [-0.3, -0.25) is 4.90 Å². The summed E-state index contributed by atoms with van der Waals surface area (Å²) >= 11 is 0. The van der Waals surface area contributed by atoms with Crippen LogP contribution in [0.15, 0.2) is 54.6 Å². The van der Waals surface area contributed by atoms with Gasteiger partial charge in [0.05, 0.1) is 0 Å². The number of rotatable bonds is 5. The monoisotopic (exact) mass is 255 g/mol. The fourth-order valence-corrected chi connectivity index (χ4v) is 1.76. The zero-order valence-electron chi connectivity index (χ0n) is 11.8. The fourth-order valence-electron chi connectivity index (χ4n) is 1.76. The van der Waals surface area contributed by atoms with E-state index in [2.05, 4.69) is 37.9 Å². The second-order valence-electron chi connectivity index (χ2n) is 5.07. The van der Waals surface area contributed by atoms with Gasteiger partial charge in [0.15, 0.2) is 0 Å². The summed E-state index contributed by atoms with van der Waals surface area (Å²) in [6.45, 7) is 5.36. The van der Waals surface area contributed by atoms with E-state index in [0.29, 0.717) is 6.04 Å². The summed E-state index contributed by atoms with van der Waals surface area (Å²) in [5, 5.41) is 0. The minimum Gasteiger partial charge on any atom is -0.457 e. The molecule has 0 bridgehead atoms. The van der Waals surface area contributed by atoms with Gasteiger partial charge in [-0.2, -0.15) is 0 Å². The van der Waals surface area contributed by atoms with E-state index in [-0.39, 0.29) is 0 Å². The van der Waals surface area contributed by atoms with Crippen LogP contribution in [0.3, 0.4) is 0 Å². The van der Waals surface area contributed by atoms with E-state index < -0.39 is 0 Å². The Hall–Kier alpha value is -1.80. The van der Waals surface area contributed by atoms with E-state index in [1.807, 2.05) is 42.5 Å². The summed E-state index contributed by atoms with van der Waals surface area (Å²) < 4.78 is 5.77. The summed E-state index contributed by atoms with van der Waals surface area (Å²) in [7, 11) is 2.14. The molecule has 2 rings (SSSR count). The molecule has 0 saturated heterocycles. The molecule has 19 heavy (non-hydrogen) atoms. The van der Waals surface area contributed by atoms with Crippen LogP contribution >= 0.6 is 0 Å². The predicted molar refractivity (Wildman–Crippen MR) is 79.6 cm³/mol. The SMILES string of the molecule is CC(C)N(C)Cc1ccc(Oc2ccccc2)cc1. The minimum atomic E-state index is 0.556. The topological polar surface area (TPSA) is 12.5 Å². The van der Waals surface area contributed by atoms with Crippen molar-refractivity contribution in [3.05, 3.63) is 60.2 Å². The lowest BCUT2D eigenvalue weighted by atomic mass is 10.2. The molecular formula is C17H21NO. The van der Waals surface area contributed by atoms with Gasteiger partial charge in [0, 0.05) is 12.6 Å². The van der Waals surface area contributed by atoms with Crippen LogP contribution in [-0.4, -0.2) is 18.0 Å². The van der Waals surface area contributed by atoms with Crippen LogP contribution in [0.1, 0.15) is 19.4 Å². The smallest absolute Gasteiger partial charge is 0.127 e. The number of ether oxygens (including phenoxy) is 1. The highest BCUT2D eigenvalue weighted by Gasteiger charge is 2.04. The Balaban J connectivity index is 1.99. The molecule has 2 aromatic carbocycles. The molecule has 2 heteroatoms. The van der Waals surface area contributed by atoms with Crippen molar-refractivity contribution in [1.82, 2.24) is 4.90 Å². The first-order valence-electron chi connectivity index (χ1n) is 6.67. The predicted octanol–water partition coefficient (Wildman–Crippen LogP) is 4.32. The second-order valence-corrected chi connectivity index (χ2v) is 5.07. The molecule has 0 radical (unpaired) electrons. The van der Waals surface area contributed by atoms with Crippen molar-refractivity contribution in [3.63, 3.8) is 0 Å². The Kier molecular flexibility index (Phi) is 4.58. The van der Waals surface area contributed by atoms with Crippen molar-refractivity contribution in [2.24, 2.45) is 0 Å². The van der Waals surface area contributed by atoms with Crippen LogP contribution in [0.25, 0.3) is 0 Å². The Bertz CT molecular complexity index is 490. The summed E-state index contributed by atoms with van der Waals surface area (Å²) in [6, 6.07) is 18.7. The Morgan fingerprint density at radius 3 is 2.05 bits per heavy atom. The van der Waals surface area contributed by atoms with E-state index in [9.17, 15) is 0 Å². The molecule has 0 aromatic heterocycles. The third-order valence-corrected chi connectivity index (χ3v) is 3.22. The van der Waals surface area contributed by atoms with Gasteiger partial charge in [-0.25, -0.2) is 0 Å². The lowest BCUT2D eigenvalue weighted by Gasteiger charge is -2.21. The molecule has 0 fully saturated rings. The standard InChI is InChI=1S/C17H21NO/c1-14(2)18(3)13-15-9-11-17(12-10-15)19-16-7-5-4-6-8-16/h4-12,14H,13H2,1-3H3. The largest absolute Gasteiger partial charge is 0.457 e. The zero-order chi connectivity index (χ0) is 13.7. The van der Waals surface area contributed by atoms with Gasteiger partial charge in [0.2, 0.25) is 0 Å². The maximum Gasteiger partial charge on any atom is 0.127 e. The van der Waals surface area contributed by atoms with Crippen LogP contribution in [0.5, 0.6) is 11.5 Å². The van der Waals surface area contributed by atoms with Gasteiger partial charge in [-0.05, 0) is 50.7 Å². The maximum absolute atomic E-state index is 5.77. The van der Waals surface area contributed by atoms with Crippen molar-refractivity contribution >= 4 is 0 Å². The van der Waals surface area contributed by atoms with Crippen LogP contribution < -0.4 is 4.74 Å². The molecule has 0 aliphatic carbocycles.